The van der Waals surface area contributed by atoms with E-state index >= 15 is 8.78 Å². The fourth-order valence-corrected chi connectivity index (χ4v) is 6.62. The molecule has 0 bridgehead atoms. The first kappa shape index (κ1) is 31.5. The average molecular weight is 653 g/mol. The monoisotopic (exact) mass is 652 g/mol. The number of hydrogen-bond donors (Lipinski definition) is 0. The van der Waals surface area contributed by atoms with Gasteiger partial charge in [0, 0.05) is 43.0 Å². The summed E-state index contributed by atoms with van der Waals surface area (Å²) in [5, 5.41) is 9.84. The van der Waals surface area contributed by atoms with Gasteiger partial charge in [0.25, 0.3) is 0 Å². The van der Waals surface area contributed by atoms with Gasteiger partial charge in [0.05, 0.1) is 29.1 Å². The Hall–Kier alpha value is -4.47. The van der Waals surface area contributed by atoms with Gasteiger partial charge in [0.2, 0.25) is 5.91 Å². The Morgan fingerprint density at radius 3 is 2.67 bits per heavy atom. The van der Waals surface area contributed by atoms with E-state index in [0.717, 1.165) is 6.07 Å². The van der Waals surface area contributed by atoms with E-state index in [1.807, 2.05) is 4.90 Å². The third kappa shape index (κ3) is 5.69. The molecule has 46 heavy (non-hydrogen) atoms. The second kappa shape index (κ2) is 12.7. The van der Waals surface area contributed by atoms with Gasteiger partial charge in [-0.1, -0.05) is 42.4 Å². The molecule has 3 heterocycles. The van der Waals surface area contributed by atoms with Crippen molar-refractivity contribution in [3.05, 3.63) is 71.5 Å². The first-order valence-corrected chi connectivity index (χ1v) is 15.1. The van der Waals surface area contributed by atoms with Crippen molar-refractivity contribution in [1.82, 2.24) is 19.8 Å². The molecule has 13 heteroatoms. The highest BCUT2D eigenvalue weighted by Gasteiger charge is 2.33. The third-order valence-electron chi connectivity index (χ3n) is 8.66. The molecule has 238 valence electrons. The number of amides is 1. The Morgan fingerprint density at radius 2 is 1.96 bits per heavy atom. The van der Waals surface area contributed by atoms with Crippen LogP contribution in [0.25, 0.3) is 32.8 Å². The molecule has 3 atom stereocenters. The molecule has 0 unspecified atom stereocenters. The number of likely N-dealkylation sites (tertiary alicyclic amines) is 1. The van der Waals surface area contributed by atoms with E-state index in [-0.39, 0.29) is 96.3 Å². The van der Waals surface area contributed by atoms with Crippen molar-refractivity contribution in [3.63, 3.8) is 0 Å². The summed E-state index contributed by atoms with van der Waals surface area (Å²) < 4.78 is 67.2. The maximum Gasteiger partial charge on any atom is 0.319 e. The minimum Gasteiger partial charge on any atom is -0.462 e. The summed E-state index contributed by atoms with van der Waals surface area (Å²) in [6.07, 6.45) is 0.408. The minimum absolute atomic E-state index is 0.00609. The zero-order valence-electron chi connectivity index (χ0n) is 24.8. The van der Waals surface area contributed by atoms with Crippen LogP contribution in [0.1, 0.15) is 12.8 Å². The molecule has 6 rings (SSSR count). The van der Waals surface area contributed by atoms with Crippen LogP contribution in [0.3, 0.4) is 0 Å². The van der Waals surface area contributed by atoms with E-state index in [2.05, 4.69) is 22.6 Å². The number of hydrogen-bond acceptors (Lipinski definition) is 7. The number of nitrogens with zero attached hydrogens (tertiary/aromatic N) is 6. The molecule has 0 N–H and O–H groups in total. The number of nitriles is 1. The number of aromatic nitrogens is 2. The number of anilines is 1. The van der Waals surface area contributed by atoms with Gasteiger partial charge >= 0.3 is 6.01 Å². The van der Waals surface area contributed by atoms with Crippen LogP contribution in [0.15, 0.2) is 49.1 Å². The van der Waals surface area contributed by atoms with E-state index in [0.29, 0.717) is 5.39 Å². The number of piperazine rings is 1. The Morgan fingerprint density at radius 1 is 1.15 bits per heavy atom. The van der Waals surface area contributed by atoms with Gasteiger partial charge < -0.3 is 14.5 Å². The van der Waals surface area contributed by atoms with Crippen molar-refractivity contribution in [2.24, 2.45) is 0 Å². The van der Waals surface area contributed by atoms with E-state index < -0.39 is 35.2 Å². The summed E-state index contributed by atoms with van der Waals surface area (Å²) in [6.45, 7) is 4.37. The quantitative estimate of drug-likeness (QED) is 0.177. The van der Waals surface area contributed by atoms with Crippen LogP contribution in [0.4, 0.5) is 23.4 Å². The predicted molar refractivity (Wildman–Crippen MR) is 167 cm³/mol. The summed E-state index contributed by atoms with van der Waals surface area (Å²) in [5.41, 5.74) is -0.681. The fourth-order valence-electron chi connectivity index (χ4n) is 6.34. The fraction of sp³-hybridized carbons (Fsp3) is 0.333. The highest BCUT2D eigenvalue weighted by atomic mass is 35.5. The number of ether oxygens (including phenoxy) is 1. The lowest BCUT2D eigenvalue weighted by Gasteiger charge is -2.41. The lowest BCUT2D eigenvalue weighted by atomic mass is 9.96. The van der Waals surface area contributed by atoms with Crippen molar-refractivity contribution in [1.29, 1.82) is 5.26 Å². The van der Waals surface area contributed by atoms with Crippen molar-refractivity contribution < 1.29 is 27.1 Å². The molecule has 0 spiro atoms. The predicted octanol–water partition coefficient (Wildman–Crippen LogP) is 6.06. The van der Waals surface area contributed by atoms with E-state index in [1.165, 1.54) is 29.2 Å². The molecule has 0 radical (unpaired) electrons. The van der Waals surface area contributed by atoms with Gasteiger partial charge in [-0.05, 0) is 42.6 Å². The highest BCUT2D eigenvalue weighted by molar-refractivity contribution is 6.37. The molecule has 3 aromatic carbocycles. The molecule has 8 nitrogen and oxygen atoms in total. The van der Waals surface area contributed by atoms with E-state index in [1.54, 1.807) is 24.1 Å². The van der Waals surface area contributed by atoms with Crippen LogP contribution < -0.4 is 9.64 Å². The Bertz CT molecular complexity index is 1900. The van der Waals surface area contributed by atoms with Gasteiger partial charge in [0.1, 0.15) is 35.7 Å². The second-order valence-electron chi connectivity index (χ2n) is 11.5. The SMILES string of the molecule is C=CC(=O)N1CCN(c2nc(OC[C@@H]3C[C@@H](F)CN3C)nc3c(F)c(-c4cccc5ccc(F)c(Cl)c45)c(F)cc23)C[C@@H]1CC#N. The molecular weight excluding hydrogens is 624 g/mol. The van der Waals surface area contributed by atoms with Crippen molar-refractivity contribution in [3.8, 4) is 23.2 Å². The zero-order valence-corrected chi connectivity index (χ0v) is 25.6. The van der Waals surface area contributed by atoms with Gasteiger partial charge in [-0.3, -0.25) is 9.69 Å². The molecule has 1 aromatic heterocycles. The summed E-state index contributed by atoms with van der Waals surface area (Å²) in [4.78, 5) is 26.5. The van der Waals surface area contributed by atoms with Gasteiger partial charge in [-0.25, -0.2) is 17.6 Å². The first-order chi connectivity index (χ1) is 22.1. The minimum atomic E-state index is -1.04. The van der Waals surface area contributed by atoms with Crippen LogP contribution in [-0.4, -0.2) is 83.8 Å². The number of halogens is 5. The van der Waals surface area contributed by atoms with E-state index in [4.69, 9.17) is 16.3 Å². The van der Waals surface area contributed by atoms with Gasteiger partial charge in [-0.15, -0.1) is 0 Å². The maximum absolute atomic E-state index is 16.7. The molecule has 0 saturated carbocycles. The number of likely N-dealkylation sites (N-methyl/N-ethyl adjacent to an activating group) is 1. The number of alkyl halides is 1. The van der Waals surface area contributed by atoms with Gasteiger partial charge in [0.15, 0.2) is 5.82 Å². The Labute approximate surface area is 267 Å². The molecule has 1 amide bonds. The summed E-state index contributed by atoms with van der Waals surface area (Å²) in [5.74, 6) is -2.92. The molecule has 2 aliphatic heterocycles. The lowest BCUT2D eigenvalue weighted by Crippen LogP contribution is -2.55. The second-order valence-corrected chi connectivity index (χ2v) is 11.9. The van der Waals surface area contributed by atoms with E-state index in [9.17, 15) is 18.8 Å². The topological polar surface area (TPSA) is 85.6 Å². The largest absolute Gasteiger partial charge is 0.462 e. The van der Waals surface area contributed by atoms with Crippen LogP contribution in [-0.2, 0) is 4.79 Å². The number of fused-ring (bicyclic) bond motifs is 2. The molecule has 2 saturated heterocycles. The molecule has 2 fully saturated rings. The van der Waals surface area contributed by atoms with Crippen molar-refractivity contribution in [2.75, 3.05) is 44.7 Å². The summed E-state index contributed by atoms with van der Waals surface area (Å²) in [7, 11) is 1.77. The average Bonchev–Trinajstić information content (AvgIpc) is 3.37. The number of rotatable bonds is 7. The third-order valence-corrected chi connectivity index (χ3v) is 9.03. The highest BCUT2D eigenvalue weighted by Crippen LogP contribution is 2.41. The Balaban J connectivity index is 1.50. The van der Waals surface area contributed by atoms with Crippen LogP contribution in [0.2, 0.25) is 5.02 Å². The zero-order chi connectivity index (χ0) is 32.7. The normalized spacial score (nSPS) is 20.3. The van der Waals surface area contributed by atoms with Crippen molar-refractivity contribution >= 4 is 45.0 Å². The standard InChI is InChI=1S/C33H29ClF4N6O2/c1-3-26(45)44-12-11-43(16-20(44)9-10-39)32-23-14-25(37)28(22-6-4-5-18-7-8-24(36)29(34)27(18)22)30(38)31(23)40-33(41-32)46-17-21-13-19(35)15-42(21)2/h3-8,14,19-21H,1,9,11-13,15-17H2,2H3/t19-,20+,21+/m1/s1. The summed E-state index contributed by atoms with van der Waals surface area (Å²) in [6, 6.07) is 9.52. The molecular formula is C33H29ClF4N6O2. The van der Waals surface area contributed by atoms with Crippen LogP contribution in [0.5, 0.6) is 6.01 Å². The van der Waals surface area contributed by atoms with Gasteiger partial charge in [-0.2, -0.15) is 15.2 Å². The number of carbonyl (C=O) groups is 1. The molecule has 2 aliphatic rings. The number of carbonyl (C=O) groups excluding carboxylic acids is 1. The van der Waals surface area contributed by atoms with Crippen LogP contribution in [0, 0.1) is 28.8 Å². The first-order valence-electron chi connectivity index (χ1n) is 14.7. The molecule has 0 aliphatic carbocycles. The van der Waals surface area contributed by atoms with Crippen molar-refractivity contribution in [2.45, 2.75) is 31.1 Å². The Kier molecular flexibility index (Phi) is 8.72. The lowest BCUT2D eigenvalue weighted by molar-refractivity contribution is -0.128. The van der Waals surface area contributed by atoms with Crippen LogP contribution >= 0.6 is 11.6 Å². The number of benzene rings is 3. The summed E-state index contributed by atoms with van der Waals surface area (Å²) >= 11 is 6.31. The maximum atomic E-state index is 16.7. The molecule has 4 aromatic rings. The smallest absolute Gasteiger partial charge is 0.319 e.